The molecule has 0 radical (unpaired) electrons. The van der Waals surface area contributed by atoms with Gasteiger partial charge >= 0.3 is 0 Å². The first-order valence-electron chi connectivity index (χ1n) is 5.56. The van der Waals surface area contributed by atoms with Gasteiger partial charge in [0.05, 0.1) is 17.9 Å². The van der Waals surface area contributed by atoms with Crippen LogP contribution < -0.4 is 0 Å². The molecule has 3 rings (SSSR count). The molecule has 15 heavy (non-hydrogen) atoms. The van der Waals surface area contributed by atoms with E-state index in [1.165, 1.54) is 0 Å². The molecule has 2 aliphatic heterocycles. The van der Waals surface area contributed by atoms with Crippen molar-refractivity contribution in [3.05, 3.63) is 30.1 Å². The Balaban J connectivity index is 1.91. The lowest BCUT2D eigenvalue weighted by molar-refractivity contribution is -0.117. The number of aromatic nitrogens is 1. The van der Waals surface area contributed by atoms with Crippen molar-refractivity contribution in [3.63, 3.8) is 0 Å². The summed E-state index contributed by atoms with van der Waals surface area (Å²) < 4.78 is 5.73. The highest BCUT2D eigenvalue weighted by atomic mass is 16.5. The lowest BCUT2D eigenvalue weighted by Crippen LogP contribution is -2.39. The molecule has 1 aromatic heterocycles. The minimum absolute atomic E-state index is 0.232. The Morgan fingerprint density at radius 3 is 2.60 bits per heavy atom. The predicted octanol–water partition coefficient (Wildman–Crippen LogP) is 1.61. The third-order valence-corrected chi connectivity index (χ3v) is 3.47. The van der Waals surface area contributed by atoms with E-state index in [4.69, 9.17) is 4.74 Å². The van der Waals surface area contributed by atoms with Gasteiger partial charge in [-0.25, -0.2) is 0 Å². The molecule has 3 heteroatoms. The maximum absolute atomic E-state index is 10.6. The minimum Gasteiger partial charge on any atom is -0.383 e. The van der Waals surface area contributed by atoms with Gasteiger partial charge in [-0.1, -0.05) is 6.07 Å². The summed E-state index contributed by atoms with van der Waals surface area (Å²) in [5, 5.41) is 10.6. The average molecular weight is 205 g/mol. The van der Waals surface area contributed by atoms with Gasteiger partial charge in [0.1, 0.15) is 5.60 Å². The Morgan fingerprint density at radius 1 is 1.27 bits per heavy atom. The Hall–Kier alpha value is -0.930. The maximum Gasteiger partial charge on any atom is 0.111 e. The summed E-state index contributed by atoms with van der Waals surface area (Å²) >= 11 is 0. The van der Waals surface area contributed by atoms with Crippen molar-refractivity contribution in [2.24, 2.45) is 0 Å². The first-order chi connectivity index (χ1) is 7.26. The fourth-order valence-corrected chi connectivity index (χ4v) is 2.76. The maximum atomic E-state index is 10.6. The quantitative estimate of drug-likeness (QED) is 0.757. The molecule has 2 atom stereocenters. The van der Waals surface area contributed by atoms with Crippen LogP contribution in [0.4, 0.5) is 0 Å². The van der Waals surface area contributed by atoms with Gasteiger partial charge in [-0.15, -0.1) is 0 Å². The number of hydrogen-bond acceptors (Lipinski definition) is 3. The molecule has 0 amide bonds. The van der Waals surface area contributed by atoms with Crippen LogP contribution in [0, 0.1) is 0 Å². The number of aliphatic hydroxyl groups is 1. The SMILES string of the molecule is OC1(c2ccccn2)CC2CCC(C1)O2. The van der Waals surface area contributed by atoms with E-state index in [9.17, 15) is 5.11 Å². The van der Waals surface area contributed by atoms with E-state index in [1.54, 1.807) is 6.20 Å². The van der Waals surface area contributed by atoms with E-state index in [-0.39, 0.29) is 12.2 Å². The lowest BCUT2D eigenvalue weighted by atomic mass is 9.87. The van der Waals surface area contributed by atoms with E-state index >= 15 is 0 Å². The molecule has 0 saturated carbocycles. The molecule has 80 valence electrons. The zero-order valence-electron chi connectivity index (χ0n) is 8.60. The van der Waals surface area contributed by atoms with Crippen LogP contribution in [0.25, 0.3) is 0 Å². The summed E-state index contributed by atoms with van der Waals surface area (Å²) in [7, 11) is 0. The third-order valence-electron chi connectivity index (χ3n) is 3.47. The van der Waals surface area contributed by atoms with Crippen LogP contribution >= 0.6 is 0 Å². The third kappa shape index (κ3) is 1.56. The van der Waals surface area contributed by atoms with E-state index < -0.39 is 5.60 Å². The molecule has 2 fully saturated rings. The Morgan fingerprint density at radius 2 is 2.00 bits per heavy atom. The van der Waals surface area contributed by atoms with E-state index in [0.29, 0.717) is 12.8 Å². The van der Waals surface area contributed by atoms with Crippen molar-refractivity contribution in [2.75, 3.05) is 0 Å². The zero-order chi connectivity index (χ0) is 10.3. The van der Waals surface area contributed by atoms with E-state index in [2.05, 4.69) is 4.98 Å². The summed E-state index contributed by atoms with van der Waals surface area (Å²) in [5.41, 5.74) is 0.0379. The van der Waals surface area contributed by atoms with Gasteiger partial charge in [0.2, 0.25) is 0 Å². The number of nitrogens with zero attached hydrogens (tertiary/aromatic N) is 1. The number of ether oxygens (including phenoxy) is 1. The van der Waals surface area contributed by atoms with Crippen molar-refractivity contribution >= 4 is 0 Å². The highest BCUT2D eigenvalue weighted by molar-refractivity contribution is 5.15. The van der Waals surface area contributed by atoms with Crippen LogP contribution in [0.1, 0.15) is 31.4 Å². The number of fused-ring (bicyclic) bond motifs is 2. The summed E-state index contributed by atoms with van der Waals surface area (Å²) in [5.74, 6) is 0. The molecule has 2 unspecified atom stereocenters. The Labute approximate surface area is 89.1 Å². The topological polar surface area (TPSA) is 42.4 Å². The molecule has 2 saturated heterocycles. The van der Waals surface area contributed by atoms with Crippen LogP contribution in [-0.2, 0) is 10.3 Å². The highest BCUT2D eigenvalue weighted by Gasteiger charge is 2.45. The largest absolute Gasteiger partial charge is 0.383 e. The fraction of sp³-hybridized carbons (Fsp3) is 0.583. The number of pyridine rings is 1. The van der Waals surface area contributed by atoms with Gasteiger partial charge in [0, 0.05) is 19.0 Å². The predicted molar refractivity (Wildman–Crippen MR) is 55.3 cm³/mol. The van der Waals surface area contributed by atoms with Gasteiger partial charge in [0.15, 0.2) is 0 Å². The van der Waals surface area contributed by atoms with Crippen molar-refractivity contribution in [1.29, 1.82) is 0 Å². The van der Waals surface area contributed by atoms with Crippen molar-refractivity contribution < 1.29 is 9.84 Å². The summed E-state index contributed by atoms with van der Waals surface area (Å²) in [6, 6.07) is 5.71. The van der Waals surface area contributed by atoms with Crippen LogP contribution in [0.2, 0.25) is 0 Å². The van der Waals surface area contributed by atoms with Crippen LogP contribution in [0.3, 0.4) is 0 Å². The van der Waals surface area contributed by atoms with Crippen LogP contribution in [-0.4, -0.2) is 22.3 Å². The average Bonchev–Trinajstić information content (AvgIpc) is 2.60. The summed E-state index contributed by atoms with van der Waals surface area (Å²) in [6.07, 6.45) is 5.76. The Bertz CT molecular complexity index is 340. The van der Waals surface area contributed by atoms with Crippen molar-refractivity contribution in [2.45, 2.75) is 43.5 Å². The molecule has 0 aliphatic carbocycles. The monoisotopic (exact) mass is 205 g/mol. The second-order valence-electron chi connectivity index (χ2n) is 4.61. The lowest BCUT2D eigenvalue weighted by Gasteiger charge is -2.35. The number of hydrogen-bond donors (Lipinski definition) is 1. The van der Waals surface area contributed by atoms with Crippen molar-refractivity contribution in [1.82, 2.24) is 4.98 Å². The smallest absolute Gasteiger partial charge is 0.111 e. The van der Waals surface area contributed by atoms with Crippen molar-refractivity contribution in [3.8, 4) is 0 Å². The Kier molecular flexibility index (Phi) is 2.04. The van der Waals surface area contributed by atoms with Gasteiger partial charge in [-0.3, -0.25) is 4.98 Å². The van der Waals surface area contributed by atoms with Crippen LogP contribution in [0.15, 0.2) is 24.4 Å². The molecule has 0 spiro atoms. The standard InChI is InChI=1S/C12H15NO2/c14-12(11-3-1-2-6-13-11)7-9-4-5-10(8-12)15-9/h1-3,6,9-10,14H,4-5,7-8H2. The second kappa shape index (κ2) is 3.29. The van der Waals surface area contributed by atoms with Gasteiger partial charge < -0.3 is 9.84 Å². The molecule has 2 aliphatic rings. The van der Waals surface area contributed by atoms with Crippen LogP contribution in [0.5, 0.6) is 0 Å². The summed E-state index contributed by atoms with van der Waals surface area (Å²) in [4.78, 5) is 4.27. The van der Waals surface area contributed by atoms with Gasteiger partial charge in [-0.2, -0.15) is 0 Å². The zero-order valence-corrected chi connectivity index (χ0v) is 8.60. The molecule has 3 nitrogen and oxygen atoms in total. The van der Waals surface area contributed by atoms with Gasteiger partial charge in [-0.05, 0) is 25.0 Å². The number of rotatable bonds is 1. The fourth-order valence-electron chi connectivity index (χ4n) is 2.76. The molecule has 1 aromatic rings. The molecular formula is C12H15NO2. The van der Waals surface area contributed by atoms with E-state index in [0.717, 1.165) is 18.5 Å². The molecule has 1 N–H and O–H groups in total. The second-order valence-corrected chi connectivity index (χ2v) is 4.61. The normalized spacial score (nSPS) is 39.3. The first-order valence-corrected chi connectivity index (χ1v) is 5.56. The highest BCUT2D eigenvalue weighted by Crippen LogP contribution is 2.43. The molecule has 2 bridgehead atoms. The van der Waals surface area contributed by atoms with E-state index in [1.807, 2.05) is 18.2 Å². The first kappa shape index (κ1) is 9.31. The molecule has 3 heterocycles. The summed E-state index contributed by atoms with van der Waals surface area (Å²) in [6.45, 7) is 0. The van der Waals surface area contributed by atoms with Gasteiger partial charge in [0.25, 0.3) is 0 Å². The molecule has 0 aromatic carbocycles. The molecular weight excluding hydrogens is 190 g/mol. The minimum atomic E-state index is -0.759.